The second-order valence-corrected chi connectivity index (χ2v) is 5.10. The lowest BCUT2D eigenvalue weighted by molar-refractivity contribution is -0.155. The highest BCUT2D eigenvalue weighted by Gasteiger charge is 2.16. The van der Waals surface area contributed by atoms with Crippen LogP contribution in [0, 0.1) is 13.8 Å². The van der Waals surface area contributed by atoms with Gasteiger partial charge in [-0.25, -0.2) is 0 Å². The minimum Gasteiger partial charge on any atom is -0.460 e. The molecule has 1 heterocycles. The molecule has 0 aliphatic carbocycles. The molecular formula is C13H21NO2. The molecule has 0 radical (unpaired) electrons. The lowest BCUT2D eigenvalue weighted by Gasteiger charge is -2.19. The summed E-state index contributed by atoms with van der Waals surface area (Å²) in [5.74, 6) is -0.139. The van der Waals surface area contributed by atoms with E-state index in [2.05, 4.69) is 16.7 Å². The molecule has 0 saturated heterocycles. The van der Waals surface area contributed by atoms with Gasteiger partial charge in [0.05, 0.1) is 6.42 Å². The molecule has 0 amide bonds. The van der Waals surface area contributed by atoms with E-state index in [9.17, 15) is 4.79 Å². The molecule has 0 unspecified atom stereocenters. The molecule has 0 bridgehead atoms. The number of aromatic nitrogens is 1. The van der Waals surface area contributed by atoms with Gasteiger partial charge in [-0.1, -0.05) is 0 Å². The van der Waals surface area contributed by atoms with Crippen LogP contribution < -0.4 is 0 Å². The molecule has 90 valence electrons. The highest BCUT2D eigenvalue weighted by Crippen LogP contribution is 2.11. The minimum absolute atomic E-state index is 0.139. The molecule has 0 aliphatic heterocycles. The Kier molecular flexibility index (Phi) is 3.79. The Morgan fingerprint density at radius 1 is 1.25 bits per heavy atom. The lowest BCUT2D eigenvalue weighted by atomic mass is 10.2. The van der Waals surface area contributed by atoms with Crippen LogP contribution >= 0.6 is 0 Å². The molecule has 0 saturated carbocycles. The molecule has 1 rings (SSSR count). The van der Waals surface area contributed by atoms with Gasteiger partial charge in [0.25, 0.3) is 0 Å². The maximum Gasteiger partial charge on any atom is 0.308 e. The van der Waals surface area contributed by atoms with Gasteiger partial charge >= 0.3 is 5.97 Å². The second kappa shape index (κ2) is 4.73. The summed E-state index contributed by atoms with van der Waals surface area (Å²) in [6, 6.07) is 4.12. The Balaban J connectivity index is 2.50. The van der Waals surface area contributed by atoms with Crippen LogP contribution in [0.1, 0.15) is 38.6 Å². The Labute approximate surface area is 97.4 Å². The SMILES string of the molecule is Cc1ccc(C)n1CCC(=O)OC(C)(C)C. The van der Waals surface area contributed by atoms with Crippen LogP contribution in [-0.2, 0) is 16.1 Å². The molecule has 1 aromatic heterocycles. The maximum atomic E-state index is 11.5. The zero-order valence-electron chi connectivity index (χ0n) is 10.8. The van der Waals surface area contributed by atoms with Crippen LogP contribution in [-0.4, -0.2) is 16.1 Å². The number of carbonyl (C=O) groups is 1. The predicted molar refractivity (Wildman–Crippen MR) is 64.4 cm³/mol. The van der Waals surface area contributed by atoms with Gasteiger partial charge in [0.2, 0.25) is 0 Å². The number of rotatable bonds is 3. The Bertz CT molecular complexity index is 352. The monoisotopic (exact) mass is 223 g/mol. The fraction of sp³-hybridized carbons (Fsp3) is 0.615. The van der Waals surface area contributed by atoms with Crippen molar-refractivity contribution in [3.05, 3.63) is 23.5 Å². The third-order valence-electron chi connectivity index (χ3n) is 2.38. The van der Waals surface area contributed by atoms with E-state index in [1.165, 1.54) is 11.4 Å². The standard InChI is InChI=1S/C13H21NO2/c1-10-6-7-11(2)14(10)9-8-12(15)16-13(3,4)5/h6-7H,8-9H2,1-5H3. The van der Waals surface area contributed by atoms with Crippen molar-refractivity contribution in [2.75, 3.05) is 0 Å². The summed E-state index contributed by atoms with van der Waals surface area (Å²) in [5, 5.41) is 0. The third-order valence-corrected chi connectivity index (χ3v) is 2.38. The van der Waals surface area contributed by atoms with Crippen molar-refractivity contribution in [1.29, 1.82) is 0 Å². The quantitative estimate of drug-likeness (QED) is 0.738. The van der Waals surface area contributed by atoms with Gasteiger partial charge in [-0.2, -0.15) is 0 Å². The molecule has 0 N–H and O–H groups in total. The smallest absolute Gasteiger partial charge is 0.308 e. The summed E-state index contributed by atoms with van der Waals surface area (Å²) in [6.07, 6.45) is 0.424. The number of ether oxygens (including phenoxy) is 1. The van der Waals surface area contributed by atoms with Crippen LogP contribution in [0.25, 0.3) is 0 Å². The molecule has 0 atom stereocenters. The van der Waals surface area contributed by atoms with Crippen molar-refractivity contribution >= 4 is 5.97 Å². The van der Waals surface area contributed by atoms with Gasteiger partial charge in [0.15, 0.2) is 0 Å². The van der Waals surface area contributed by atoms with Crippen molar-refractivity contribution in [2.45, 2.75) is 53.2 Å². The van der Waals surface area contributed by atoms with Crippen molar-refractivity contribution < 1.29 is 9.53 Å². The highest BCUT2D eigenvalue weighted by molar-refractivity contribution is 5.69. The Hall–Kier alpha value is -1.25. The molecule has 1 aromatic rings. The van der Waals surface area contributed by atoms with Crippen molar-refractivity contribution in [3.8, 4) is 0 Å². The number of nitrogens with zero attached hydrogens (tertiary/aromatic N) is 1. The van der Waals surface area contributed by atoms with E-state index >= 15 is 0 Å². The highest BCUT2D eigenvalue weighted by atomic mass is 16.6. The zero-order chi connectivity index (χ0) is 12.3. The fourth-order valence-corrected chi connectivity index (χ4v) is 1.65. The zero-order valence-corrected chi connectivity index (χ0v) is 10.8. The van der Waals surface area contributed by atoms with Gasteiger partial charge in [-0.15, -0.1) is 0 Å². The first-order valence-electron chi connectivity index (χ1n) is 5.64. The molecule has 0 fully saturated rings. The number of esters is 1. The van der Waals surface area contributed by atoms with Crippen LogP contribution in [0.5, 0.6) is 0 Å². The molecule has 3 nitrogen and oxygen atoms in total. The van der Waals surface area contributed by atoms with Gasteiger partial charge in [0, 0.05) is 17.9 Å². The van der Waals surface area contributed by atoms with Crippen LogP contribution in [0.4, 0.5) is 0 Å². The van der Waals surface area contributed by atoms with E-state index < -0.39 is 5.60 Å². The Morgan fingerprint density at radius 2 is 1.75 bits per heavy atom. The van der Waals surface area contributed by atoms with Gasteiger partial charge < -0.3 is 9.30 Å². The first kappa shape index (κ1) is 12.8. The van der Waals surface area contributed by atoms with E-state index in [-0.39, 0.29) is 5.97 Å². The molecule has 16 heavy (non-hydrogen) atoms. The average Bonchev–Trinajstić information content (AvgIpc) is 2.41. The van der Waals surface area contributed by atoms with E-state index in [1.54, 1.807) is 0 Å². The molecule has 0 aliphatic rings. The van der Waals surface area contributed by atoms with E-state index in [0.29, 0.717) is 13.0 Å². The first-order valence-corrected chi connectivity index (χ1v) is 5.64. The first-order chi connectivity index (χ1) is 7.29. The summed E-state index contributed by atoms with van der Waals surface area (Å²) < 4.78 is 7.39. The van der Waals surface area contributed by atoms with E-state index in [4.69, 9.17) is 4.74 Å². The molecule has 3 heteroatoms. The number of hydrogen-bond acceptors (Lipinski definition) is 2. The van der Waals surface area contributed by atoms with Gasteiger partial charge in [0.1, 0.15) is 5.60 Å². The predicted octanol–water partition coefficient (Wildman–Crippen LogP) is 2.84. The average molecular weight is 223 g/mol. The largest absolute Gasteiger partial charge is 0.460 e. The lowest BCUT2D eigenvalue weighted by Crippen LogP contribution is -2.24. The van der Waals surface area contributed by atoms with E-state index in [0.717, 1.165) is 0 Å². The van der Waals surface area contributed by atoms with Crippen LogP contribution in [0.2, 0.25) is 0 Å². The van der Waals surface area contributed by atoms with Crippen LogP contribution in [0.3, 0.4) is 0 Å². The van der Waals surface area contributed by atoms with E-state index in [1.807, 2.05) is 34.6 Å². The number of hydrogen-bond donors (Lipinski definition) is 0. The number of aryl methyl sites for hydroxylation is 2. The maximum absolute atomic E-state index is 11.5. The van der Waals surface area contributed by atoms with Crippen LogP contribution in [0.15, 0.2) is 12.1 Å². The summed E-state index contributed by atoms with van der Waals surface area (Å²) in [6.45, 7) is 10.4. The normalized spacial score (nSPS) is 11.6. The summed E-state index contributed by atoms with van der Waals surface area (Å²) >= 11 is 0. The van der Waals surface area contributed by atoms with Gasteiger partial charge in [-0.3, -0.25) is 4.79 Å². The second-order valence-electron chi connectivity index (χ2n) is 5.10. The summed E-state index contributed by atoms with van der Waals surface area (Å²) in [5.41, 5.74) is 1.97. The fourth-order valence-electron chi connectivity index (χ4n) is 1.65. The summed E-state index contributed by atoms with van der Waals surface area (Å²) in [7, 11) is 0. The number of carbonyl (C=O) groups excluding carboxylic acids is 1. The van der Waals surface area contributed by atoms with Crippen molar-refractivity contribution in [2.24, 2.45) is 0 Å². The third kappa shape index (κ3) is 3.72. The van der Waals surface area contributed by atoms with Crippen molar-refractivity contribution in [1.82, 2.24) is 4.57 Å². The molecule has 0 aromatic carbocycles. The minimum atomic E-state index is -0.391. The molecular weight excluding hydrogens is 202 g/mol. The summed E-state index contributed by atoms with van der Waals surface area (Å²) in [4.78, 5) is 11.5. The van der Waals surface area contributed by atoms with Gasteiger partial charge in [-0.05, 0) is 46.8 Å². The molecule has 0 spiro atoms. The Morgan fingerprint density at radius 3 is 2.19 bits per heavy atom. The topological polar surface area (TPSA) is 31.2 Å². The van der Waals surface area contributed by atoms with Crippen molar-refractivity contribution in [3.63, 3.8) is 0 Å².